The van der Waals surface area contributed by atoms with Gasteiger partial charge in [-0.1, -0.05) is 36.5 Å². The fourth-order valence-corrected chi connectivity index (χ4v) is 1.77. The van der Waals surface area contributed by atoms with Crippen molar-refractivity contribution in [1.29, 1.82) is 0 Å². The van der Waals surface area contributed by atoms with E-state index in [0.29, 0.717) is 0 Å². The number of rotatable bonds is 7. The molecule has 2 N–H and O–H groups in total. The summed E-state index contributed by atoms with van der Waals surface area (Å²) in [4.78, 5) is 34.7. The number of aromatic carboxylic acids is 1. The quantitative estimate of drug-likeness (QED) is 0.587. The van der Waals surface area contributed by atoms with Crippen molar-refractivity contribution in [2.24, 2.45) is 0 Å². The molecule has 6 nitrogen and oxygen atoms in total. The summed E-state index contributed by atoms with van der Waals surface area (Å²) >= 11 is 0. The number of benzene rings is 1. The third-order valence-electron chi connectivity index (χ3n) is 2.81. The molecular formula is C19H19N2O4-. The third kappa shape index (κ3) is 7.60. The lowest BCUT2D eigenvalue weighted by Gasteiger charge is -2.11. The van der Waals surface area contributed by atoms with E-state index < -0.39 is 17.8 Å². The molecule has 1 aromatic carbocycles. The molecule has 0 fully saturated rings. The maximum atomic E-state index is 11.8. The number of hydrogen-bond acceptors (Lipinski definition) is 4. The highest BCUT2D eigenvalue weighted by atomic mass is 16.4. The van der Waals surface area contributed by atoms with E-state index in [2.05, 4.69) is 10.6 Å². The van der Waals surface area contributed by atoms with Gasteiger partial charge in [0.05, 0.1) is 5.97 Å². The summed E-state index contributed by atoms with van der Waals surface area (Å²) in [6.07, 6.45) is 12.6. The zero-order valence-corrected chi connectivity index (χ0v) is 14.0. The number of allylic oxidation sites excluding steroid dienone is 6. The Hall–Kier alpha value is -3.41. The predicted molar refractivity (Wildman–Crippen MR) is 95.9 cm³/mol. The summed E-state index contributed by atoms with van der Waals surface area (Å²) in [6.45, 7) is 3.62. The molecule has 0 unspecified atom stereocenters. The van der Waals surface area contributed by atoms with Crippen LogP contribution in [0.3, 0.4) is 0 Å². The minimum absolute atomic E-state index is 0.164. The molecule has 0 saturated heterocycles. The van der Waals surface area contributed by atoms with Crippen molar-refractivity contribution < 1.29 is 19.5 Å². The number of carbonyl (C=O) groups is 3. The van der Waals surface area contributed by atoms with Crippen molar-refractivity contribution in [3.8, 4) is 0 Å². The average Bonchev–Trinajstić information content (AvgIpc) is 2.55. The summed E-state index contributed by atoms with van der Waals surface area (Å²) < 4.78 is 0. The van der Waals surface area contributed by atoms with Crippen LogP contribution in [0.25, 0.3) is 0 Å². The van der Waals surface area contributed by atoms with Crippen molar-refractivity contribution in [3.05, 3.63) is 72.4 Å². The molecule has 1 rings (SSSR count). The molecule has 0 bridgehead atoms. The van der Waals surface area contributed by atoms with Crippen LogP contribution in [-0.2, 0) is 9.59 Å². The first kappa shape index (κ1) is 19.6. The summed E-state index contributed by atoms with van der Waals surface area (Å²) in [6, 6.07) is 3.96. The highest BCUT2D eigenvalue weighted by Crippen LogP contribution is 2.19. The Kier molecular flexibility index (Phi) is 8.15. The molecule has 0 spiro atoms. The summed E-state index contributed by atoms with van der Waals surface area (Å²) in [5.74, 6) is -2.28. The standard InChI is InChI=1S/C19H20N2O4/c1-3-5-7-9-17(22)20-15-11-14(19(24)25)12-16(13-15)21-18(23)10-8-6-4-2/h3-13H,1-2H3,(H,20,22)(H,21,23)(H,24,25)/p-1/b5-3+,6-4+,9-7+,10-8+. The smallest absolute Gasteiger partial charge is 0.248 e. The van der Waals surface area contributed by atoms with E-state index in [-0.39, 0.29) is 16.9 Å². The van der Waals surface area contributed by atoms with Gasteiger partial charge in [-0.05, 0) is 32.0 Å². The van der Waals surface area contributed by atoms with Gasteiger partial charge < -0.3 is 20.5 Å². The van der Waals surface area contributed by atoms with Gasteiger partial charge in [-0.25, -0.2) is 0 Å². The van der Waals surface area contributed by atoms with Gasteiger partial charge in [0.25, 0.3) is 0 Å². The number of amides is 2. The first-order chi connectivity index (χ1) is 12.0. The number of nitrogens with one attached hydrogen (secondary N) is 2. The molecule has 0 radical (unpaired) electrons. The van der Waals surface area contributed by atoms with E-state index >= 15 is 0 Å². The summed E-state index contributed by atoms with van der Waals surface area (Å²) in [5.41, 5.74) is 0.289. The van der Waals surface area contributed by atoms with Crippen LogP contribution < -0.4 is 15.7 Å². The zero-order valence-electron chi connectivity index (χ0n) is 14.0. The Morgan fingerprint density at radius 2 is 1.24 bits per heavy atom. The fourth-order valence-electron chi connectivity index (χ4n) is 1.77. The predicted octanol–water partition coefficient (Wildman–Crippen LogP) is 2.19. The monoisotopic (exact) mass is 339 g/mol. The molecule has 2 amide bonds. The van der Waals surface area contributed by atoms with E-state index in [4.69, 9.17) is 0 Å². The second-order valence-electron chi connectivity index (χ2n) is 4.83. The Labute approximate surface area is 146 Å². The third-order valence-corrected chi connectivity index (χ3v) is 2.81. The minimum Gasteiger partial charge on any atom is -0.545 e. The number of carbonyl (C=O) groups excluding carboxylic acids is 3. The van der Waals surface area contributed by atoms with Gasteiger partial charge in [-0.3, -0.25) is 9.59 Å². The van der Waals surface area contributed by atoms with E-state index in [1.54, 1.807) is 36.5 Å². The van der Waals surface area contributed by atoms with Crippen LogP contribution in [0, 0.1) is 0 Å². The summed E-state index contributed by atoms with van der Waals surface area (Å²) in [5, 5.41) is 16.2. The van der Waals surface area contributed by atoms with Gasteiger partial charge in [0, 0.05) is 29.1 Å². The van der Waals surface area contributed by atoms with Crippen molar-refractivity contribution in [2.75, 3.05) is 10.6 Å². The molecule has 0 saturated carbocycles. The highest BCUT2D eigenvalue weighted by Gasteiger charge is 2.06. The average molecular weight is 339 g/mol. The van der Waals surface area contributed by atoms with Crippen LogP contribution in [0.2, 0.25) is 0 Å². The lowest BCUT2D eigenvalue weighted by molar-refractivity contribution is -0.255. The maximum absolute atomic E-state index is 11.8. The van der Waals surface area contributed by atoms with Gasteiger partial charge in [0.1, 0.15) is 0 Å². The maximum Gasteiger partial charge on any atom is 0.248 e. The Morgan fingerprint density at radius 1 is 0.800 bits per heavy atom. The van der Waals surface area contributed by atoms with E-state index in [0.717, 1.165) is 0 Å². The number of carboxylic acid groups (broad SMARTS) is 1. The molecule has 6 heteroatoms. The van der Waals surface area contributed by atoms with Crippen molar-refractivity contribution >= 4 is 29.2 Å². The first-order valence-corrected chi connectivity index (χ1v) is 7.53. The van der Waals surface area contributed by atoms with Gasteiger partial charge >= 0.3 is 0 Å². The van der Waals surface area contributed by atoms with Gasteiger partial charge in [0.15, 0.2) is 0 Å². The second kappa shape index (κ2) is 10.4. The Morgan fingerprint density at radius 3 is 1.60 bits per heavy atom. The molecule has 25 heavy (non-hydrogen) atoms. The fraction of sp³-hybridized carbons (Fsp3) is 0.105. The van der Waals surface area contributed by atoms with Crippen LogP contribution in [0.1, 0.15) is 24.2 Å². The molecule has 0 aliphatic carbocycles. The van der Waals surface area contributed by atoms with Crippen LogP contribution in [0.15, 0.2) is 66.8 Å². The lowest BCUT2D eigenvalue weighted by atomic mass is 10.1. The normalized spacial score (nSPS) is 11.6. The number of carboxylic acids is 1. The topological polar surface area (TPSA) is 98.3 Å². The molecule has 0 aromatic heterocycles. The van der Waals surface area contributed by atoms with E-state index in [9.17, 15) is 19.5 Å². The number of hydrogen-bond donors (Lipinski definition) is 2. The van der Waals surface area contributed by atoms with Crippen molar-refractivity contribution in [3.63, 3.8) is 0 Å². The van der Waals surface area contributed by atoms with Crippen molar-refractivity contribution in [2.45, 2.75) is 13.8 Å². The van der Waals surface area contributed by atoms with Gasteiger partial charge in [-0.15, -0.1) is 0 Å². The minimum atomic E-state index is -1.42. The van der Waals surface area contributed by atoms with Crippen LogP contribution in [0.5, 0.6) is 0 Å². The van der Waals surface area contributed by atoms with Gasteiger partial charge in [-0.2, -0.15) is 0 Å². The van der Waals surface area contributed by atoms with E-state index in [1.807, 2.05) is 13.8 Å². The number of anilines is 2. The zero-order chi connectivity index (χ0) is 18.7. The lowest BCUT2D eigenvalue weighted by Crippen LogP contribution is -2.23. The van der Waals surface area contributed by atoms with Crippen LogP contribution in [-0.4, -0.2) is 17.8 Å². The second-order valence-corrected chi connectivity index (χ2v) is 4.83. The van der Waals surface area contributed by atoms with Crippen molar-refractivity contribution in [1.82, 2.24) is 0 Å². The van der Waals surface area contributed by atoms with Gasteiger partial charge in [0.2, 0.25) is 11.8 Å². The Balaban J connectivity index is 2.99. The van der Waals surface area contributed by atoms with Crippen LogP contribution >= 0.6 is 0 Å². The molecule has 130 valence electrons. The Bertz CT molecular complexity index is 704. The molecule has 0 heterocycles. The summed E-state index contributed by atoms with van der Waals surface area (Å²) in [7, 11) is 0. The van der Waals surface area contributed by atoms with E-state index in [1.165, 1.54) is 30.4 Å². The molecular weight excluding hydrogens is 320 g/mol. The van der Waals surface area contributed by atoms with Crippen LogP contribution in [0.4, 0.5) is 11.4 Å². The molecule has 0 atom stereocenters. The largest absolute Gasteiger partial charge is 0.545 e. The molecule has 0 aliphatic heterocycles. The molecule has 0 aliphatic rings. The first-order valence-electron chi connectivity index (χ1n) is 7.53. The molecule has 1 aromatic rings. The highest BCUT2D eigenvalue weighted by molar-refractivity contribution is 6.03. The SMILES string of the molecule is C/C=C/C=C/C(=O)Nc1cc(NC(=O)/C=C/C=C/C)cc(C(=O)[O-])c1.